The first-order valence-corrected chi connectivity index (χ1v) is 5.83. The molecule has 1 aromatic carbocycles. The number of aromatic carboxylic acids is 1. The molecular weight excluding hydrogens is 218 g/mol. The molecule has 1 aliphatic rings. The lowest BCUT2D eigenvalue weighted by Crippen LogP contribution is -2.27. The van der Waals surface area contributed by atoms with Gasteiger partial charge in [0.25, 0.3) is 0 Å². The second-order valence-corrected chi connectivity index (χ2v) is 4.77. The Morgan fingerprint density at radius 2 is 2.12 bits per heavy atom. The van der Waals surface area contributed by atoms with Crippen molar-refractivity contribution in [2.24, 2.45) is 11.7 Å². The summed E-state index contributed by atoms with van der Waals surface area (Å²) in [4.78, 5) is 11.0. The van der Waals surface area contributed by atoms with Crippen molar-refractivity contribution in [1.29, 1.82) is 0 Å². The SMILES string of the molecule is Cc1cc(C(=O)O)c(O)c([C@H](N)C2CCC2)c1. The van der Waals surface area contributed by atoms with E-state index in [1.807, 2.05) is 6.92 Å². The molecule has 17 heavy (non-hydrogen) atoms. The van der Waals surface area contributed by atoms with Crippen molar-refractivity contribution >= 4 is 5.97 Å². The van der Waals surface area contributed by atoms with Gasteiger partial charge in [-0.3, -0.25) is 0 Å². The Labute approximate surface area is 100 Å². The highest BCUT2D eigenvalue weighted by Crippen LogP contribution is 2.40. The predicted octanol–water partition coefficient (Wildman–Crippen LogP) is 2.20. The van der Waals surface area contributed by atoms with Gasteiger partial charge in [0, 0.05) is 11.6 Å². The molecule has 4 nitrogen and oxygen atoms in total. The largest absolute Gasteiger partial charge is 0.507 e. The lowest BCUT2D eigenvalue weighted by molar-refractivity contribution is 0.0693. The van der Waals surface area contributed by atoms with Crippen molar-refractivity contribution < 1.29 is 15.0 Å². The van der Waals surface area contributed by atoms with Crippen LogP contribution in [-0.2, 0) is 0 Å². The first-order chi connectivity index (χ1) is 8.00. The summed E-state index contributed by atoms with van der Waals surface area (Å²) in [6.45, 7) is 1.81. The molecule has 0 aromatic heterocycles. The number of phenols is 1. The first kappa shape index (κ1) is 11.9. The number of benzene rings is 1. The minimum atomic E-state index is -1.12. The zero-order valence-corrected chi connectivity index (χ0v) is 9.81. The summed E-state index contributed by atoms with van der Waals surface area (Å²) < 4.78 is 0. The van der Waals surface area contributed by atoms with E-state index in [9.17, 15) is 9.90 Å². The summed E-state index contributed by atoms with van der Waals surface area (Å²) in [5.41, 5.74) is 7.40. The Hall–Kier alpha value is -1.55. The van der Waals surface area contributed by atoms with Crippen LogP contribution in [0.1, 0.15) is 46.8 Å². The maximum atomic E-state index is 11.0. The fourth-order valence-corrected chi connectivity index (χ4v) is 2.28. The van der Waals surface area contributed by atoms with Gasteiger partial charge in [-0.1, -0.05) is 12.5 Å². The van der Waals surface area contributed by atoms with Gasteiger partial charge in [0.1, 0.15) is 11.3 Å². The van der Waals surface area contributed by atoms with Crippen molar-refractivity contribution in [3.8, 4) is 5.75 Å². The van der Waals surface area contributed by atoms with Gasteiger partial charge in [-0.05, 0) is 37.3 Å². The maximum Gasteiger partial charge on any atom is 0.339 e. The number of carboxylic acid groups (broad SMARTS) is 1. The van der Waals surface area contributed by atoms with Crippen molar-refractivity contribution in [2.45, 2.75) is 32.2 Å². The molecule has 1 atom stereocenters. The minimum Gasteiger partial charge on any atom is -0.507 e. The lowest BCUT2D eigenvalue weighted by Gasteiger charge is -2.32. The molecule has 1 aromatic rings. The smallest absolute Gasteiger partial charge is 0.339 e. The van der Waals surface area contributed by atoms with Crippen LogP contribution in [-0.4, -0.2) is 16.2 Å². The second-order valence-electron chi connectivity index (χ2n) is 4.77. The summed E-state index contributed by atoms with van der Waals surface area (Å²) in [6, 6.07) is 2.99. The topological polar surface area (TPSA) is 83.5 Å². The second kappa shape index (κ2) is 4.37. The molecule has 1 saturated carbocycles. The molecule has 1 aliphatic carbocycles. The zero-order chi connectivity index (χ0) is 12.6. The summed E-state index contributed by atoms with van der Waals surface area (Å²) >= 11 is 0. The molecule has 0 bridgehead atoms. The molecular formula is C13H17NO3. The van der Waals surface area contributed by atoms with E-state index in [4.69, 9.17) is 10.8 Å². The van der Waals surface area contributed by atoms with Crippen LogP contribution in [0.4, 0.5) is 0 Å². The average Bonchev–Trinajstić information content (AvgIpc) is 2.17. The fourth-order valence-electron chi connectivity index (χ4n) is 2.28. The van der Waals surface area contributed by atoms with Gasteiger partial charge in [0.15, 0.2) is 0 Å². The van der Waals surface area contributed by atoms with Crippen LogP contribution in [0.2, 0.25) is 0 Å². The first-order valence-electron chi connectivity index (χ1n) is 5.83. The number of carboxylic acids is 1. The highest BCUT2D eigenvalue weighted by Gasteiger charge is 2.28. The van der Waals surface area contributed by atoms with Crippen LogP contribution in [0.5, 0.6) is 5.75 Å². The van der Waals surface area contributed by atoms with Crippen LogP contribution in [0, 0.1) is 12.8 Å². The minimum absolute atomic E-state index is 0.0604. The number of carbonyl (C=O) groups is 1. The van der Waals surface area contributed by atoms with Crippen molar-refractivity contribution in [3.63, 3.8) is 0 Å². The molecule has 92 valence electrons. The monoisotopic (exact) mass is 235 g/mol. The van der Waals surface area contributed by atoms with Crippen LogP contribution < -0.4 is 5.73 Å². The number of aryl methyl sites for hydroxylation is 1. The number of nitrogens with two attached hydrogens (primary N) is 1. The third-order valence-corrected chi connectivity index (χ3v) is 3.53. The summed E-state index contributed by atoms with van der Waals surface area (Å²) in [5.74, 6) is -0.930. The third kappa shape index (κ3) is 2.13. The van der Waals surface area contributed by atoms with Crippen LogP contribution in [0.3, 0.4) is 0 Å². The normalized spacial score (nSPS) is 17.5. The fraction of sp³-hybridized carbons (Fsp3) is 0.462. The molecule has 0 amide bonds. The van der Waals surface area contributed by atoms with Gasteiger partial charge < -0.3 is 15.9 Å². The van der Waals surface area contributed by atoms with E-state index in [1.54, 1.807) is 6.07 Å². The standard InChI is InChI=1S/C13H17NO3/c1-7-5-9(11(14)8-3-2-4-8)12(15)10(6-7)13(16)17/h5-6,8,11,15H,2-4,14H2,1H3,(H,16,17)/t11-/m1/s1. The summed E-state index contributed by atoms with van der Waals surface area (Å²) in [7, 11) is 0. The molecule has 0 radical (unpaired) electrons. The molecule has 0 saturated heterocycles. The van der Waals surface area contributed by atoms with Gasteiger partial charge in [-0.15, -0.1) is 0 Å². The molecule has 0 aliphatic heterocycles. The molecule has 2 rings (SSSR count). The Balaban J connectivity index is 2.41. The zero-order valence-electron chi connectivity index (χ0n) is 9.81. The van der Waals surface area contributed by atoms with Crippen molar-refractivity contribution in [2.75, 3.05) is 0 Å². The van der Waals surface area contributed by atoms with Crippen molar-refractivity contribution in [3.05, 3.63) is 28.8 Å². The number of aromatic hydroxyl groups is 1. The van der Waals surface area contributed by atoms with Gasteiger partial charge in [-0.2, -0.15) is 0 Å². The molecule has 4 heteroatoms. The highest BCUT2D eigenvalue weighted by atomic mass is 16.4. The lowest BCUT2D eigenvalue weighted by atomic mass is 9.77. The molecule has 0 heterocycles. The van der Waals surface area contributed by atoms with E-state index in [1.165, 1.54) is 6.07 Å². The summed E-state index contributed by atoms with van der Waals surface area (Å²) in [5, 5.41) is 19.0. The van der Waals surface area contributed by atoms with E-state index in [0.717, 1.165) is 24.8 Å². The predicted molar refractivity (Wildman–Crippen MR) is 64.1 cm³/mol. The molecule has 4 N–H and O–H groups in total. The highest BCUT2D eigenvalue weighted by molar-refractivity contribution is 5.91. The van der Waals surface area contributed by atoms with E-state index in [-0.39, 0.29) is 17.4 Å². The average molecular weight is 235 g/mol. The number of hydrogen-bond acceptors (Lipinski definition) is 3. The van der Waals surface area contributed by atoms with E-state index in [0.29, 0.717) is 11.5 Å². The Bertz CT molecular complexity index is 452. The van der Waals surface area contributed by atoms with Gasteiger partial charge in [0.2, 0.25) is 0 Å². The number of hydrogen-bond donors (Lipinski definition) is 3. The molecule has 0 unspecified atom stereocenters. The van der Waals surface area contributed by atoms with Gasteiger partial charge >= 0.3 is 5.97 Å². The molecule has 1 fully saturated rings. The summed E-state index contributed by atoms with van der Waals surface area (Å²) in [6.07, 6.45) is 3.27. The van der Waals surface area contributed by atoms with Crippen molar-refractivity contribution in [1.82, 2.24) is 0 Å². The van der Waals surface area contributed by atoms with E-state index < -0.39 is 5.97 Å². The Kier molecular flexibility index (Phi) is 3.07. The maximum absolute atomic E-state index is 11.0. The van der Waals surface area contributed by atoms with Gasteiger partial charge in [0.05, 0.1) is 0 Å². The number of rotatable bonds is 3. The van der Waals surface area contributed by atoms with Crippen LogP contribution >= 0.6 is 0 Å². The third-order valence-electron chi connectivity index (χ3n) is 3.53. The Morgan fingerprint density at radius 3 is 2.59 bits per heavy atom. The van der Waals surface area contributed by atoms with Crippen LogP contribution in [0.15, 0.2) is 12.1 Å². The van der Waals surface area contributed by atoms with Gasteiger partial charge in [-0.25, -0.2) is 4.79 Å². The van der Waals surface area contributed by atoms with Crippen LogP contribution in [0.25, 0.3) is 0 Å². The Morgan fingerprint density at radius 1 is 1.47 bits per heavy atom. The molecule has 0 spiro atoms. The quantitative estimate of drug-likeness (QED) is 0.750. The van der Waals surface area contributed by atoms with E-state index in [2.05, 4.69) is 0 Å². The van der Waals surface area contributed by atoms with E-state index >= 15 is 0 Å².